The molecule has 0 spiro atoms. The van der Waals surface area contributed by atoms with Crippen LogP contribution < -0.4 is 20.8 Å². The number of piperidine rings is 1. The third kappa shape index (κ3) is 8.79. The fourth-order valence-electron chi connectivity index (χ4n) is 5.90. The van der Waals surface area contributed by atoms with Gasteiger partial charge in [-0.1, -0.05) is 12.1 Å². The van der Waals surface area contributed by atoms with E-state index >= 15 is 0 Å². The minimum absolute atomic E-state index is 0.00505. The van der Waals surface area contributed by atoms with Gasteiger partial charge in [-0.3, -0.25) is 15.0 Å². The second-order valence-corrected chi connectivity index (χ2v) is 17.2. The number of para-hydroxylation sites is 1. The number of ether oxygens (including phenoxy) is 1. The molecule has 13 nitrogen and oxygen atoms in total. The number of piperazine rings is 1. The minimum Gasteiger partial charge on any atom is -0.444 e. The average Bonchev–Trinajstić information content (AvgIpc) is 3.02. The van der Waals surface area contributed by atoms with E-state index in [0.717, 1.165) is 25.9 Å². The molecule has 2 saturated heterocycles. The normalized spacial score (nSPS) is 16.6. The second-order valence-electron chi connectivity index (χ2n) is 13.2. The number of anilines is 5. The van der Waals surface area contributed by atoms with Gasteiger partial charge in [-0.25, -0.2) is 9.78 Å². The molecule has 2 aliphatic rings. The number of carbonyl (C=O) groups excluding carboxylic acids is 1. The molecule has 0 bridgehead atoms. The Balaban J connectivity index is 1.22. The smallest absolute Gasteiger partial charge is 0.410 e. The highest BCUT2D eigenvalue weighted by Crippen LogP contribution is 2.39. The van der Waals surface area contributed by atoms with Crippen molar-refractivity contribution in [1.82, 2.24) is 19.8 Å². The molecule has 2 N–H and O–H groups in total. The van der Waals surface area contributed by atoms with Gasteiger partial charge in [0.2, 0.25) is 5.95 Å². The lowest BCUT2D eigenvalue weighted by Crippen LogP contribution is -2.55. The Morgan fingerprint density at radius 3 is 2.36 bits per heavy atom. The summed E-state index contributed by atoms with van der Waals surface area (Å²) in [5.74, 6) is 0.711. The van der Waals surface area contributed by atoms with Gasteiger partial charge in [0.05, 0.1) is 15.1 Å². The molecule has 1 aromatic heterocycles. The summed E-state index contributed by atoms with van der Waals surface area (Å²) in [5.41, 5.74) is 1.23. The molecule has 0 unspecified atom stereocenters. The van der Waals surface area contributed by atoms with Crippen LogP contribution in [0.1, 0.15) is 33.6 Å². The van der Waals surface area contributed by atoms with Gasteiger partial charge in [-0.2, -0.15) is 4.98 Å². The van der Waals surface area contributed by atoms with E-state index in [0.29, 0.717) is 64.9 Å². The molecule has 0 saturated carbocycles. The van der Waals surface area contributed by atoms with Crippen molar-refractivity contribution in [2.75, 3.05) is 68.1 Å². The molecule has 252 valence electrons. The summed E-state index contributed by atoms with van der Waals surface area (Å²) in [6, 6.07) is 12.8. The first-order valence-electron chi connectivity index (χ1n) is 15.6. The predicted octanol–water partition coefficient (Wildman–Crippen LogP) is 6.40. The Kier molecular flexibility index (Phi) is 10.4. The van der Waals surface area contributed by atoms with Gasteiger partial charge in [0, 0.05) is 68.6 Å². The first-order valence-corrected chi connectivity index (χ1v) is 19.0. The van der Waals surface area contributed by atoms with Gasteiger partial charge in [-0.15, -0.1) is 0 Å². The van der Waals surface area contributed by atoms with Crippen LogP contribution in [-0.2, 0) is 9.30 Å². The van der Waals surface area contributed by atoms with Crippen molar-refractivity contribution < 1.29 is 19.0 Å². The summed E-state index contributed by atoms with van der Waals surface area (Å²) in [6.45, 7) is 13.2. The number of nitrogens with zero attached hydrogens (tertiary/aromatic N) is 6. The number of hydrogen-bond donors (Lipinski definition) is 2. The zero-order valence-corrected chi connectivity index (χ0v) is 29.9. The maximum absolute atomic E-state index is 12.8. The van der Waals surface area contributed by atoms with Crippen LogP contribution in [0.25, 0.3) is 0 Å². The molecular weight excluding hydrogens is 687 g/mol. The lowest BCUT2D eigenvalue weighted by Gasteiger charge is -2.43. The standard InChI is InChI=1S/C32H42BrN8O5P/c1-32(2,3)46-31(42)40-18-16-38(17-19-40)23-12-14-39(15-13-23)26-11-10-22(20-27(26)41(43)44)35-30-34-21-24(33)29(37-30)36-25-8-6-7-9-28(25)47(4,5)45/h6-11,20-21,23H,12-19H2,1-5H3,(H2,34,35,36,37). The lowest BCUT2D eigenvalue weighted by atomic mass is 10.0. The summed E-state index contributed by atoms with van der Waals surface area (Å²) < 4.78 is 19.0. The van der Waals surface area contributed by atoms with Gasteiger partial charge in [0.15, 0.2) is 0 Å². The number of nitrogens with one attached hydrogen (secondary N) is 2. The zero-order valence-electron chi connectivity index (χ0n) is 27.4. The Hall–Kier alpha value is -3.74. The largest absolute Gasteiger partial charge is 0.444 e. The van der Waals surface area contributed by atoms with E-state index in [1.54, 1.807) is 36.6 Å². The Labute approximate surface area is 283 Å². The summed E-state index contributed by atoms with van der Waals surface area (Å²) in [5, 5.41) is 19.2. The first-order chi connectivity index (χ1) is 22.2. The van der Waals surface area contributed by atoms with E-state index in [-0.39, 0.29) is 22.7 Å². The fourth-order valence-corrected chi connectivity index (χ4v) is 7.35. The highest BCUT2D eigenvalue weighted by Gasteiger charge is 2.32. The van der Waals surface area contributed by atoms with Crippen LogP contribution in [-0.4, -0.2) is 95.0 Å². The fraction of sp³-hybridized carbons (Fsp3) is 0.469. The van der Waals surface area contributed by atoms with Crippen molar-refractivity contribution in [3.8, 4) is 0 Å². The summed E-state index contributed by atoms with van der Waals surface area (Å²) in [4.78, 5) is 39.5. The molecule has 47 heavy (non-hydrogen) atoms. The number of halogens is 1. The van der Waals surface area contributed by atoms with E-state index in [2.05, 4.69) is 46.3 Å². The highest BCUT2D eigenvalue weighted by molar-refractivity contribution is 9.10. The molecule has 2 aliphatic heterocycles. The summed E-state index contributed by atoms with van der Waals surface area (Å²) in [6.07, 6.45) is 3.07. The van der Waals surface area contributed by atoms with Crippen LogP contribution in [0.2, 0.25) is 0 Å². The predicted molar refractivity (Wildman–Crippen MR) is 190 cm³/mol. The van der Waals surface area contributed by atoms with E-state index in [1.807, 2.05) is 45.0 Å². The quantitative estimate of drug-likeness (QED) is 0.151. The maximum Gasteiger partial charge on any atom is 0.410 e. The number of nitro groups is 1. The molecule has 2 fully saturated rings. The number of amides is 1. The van der Waals surface area contributed by atoms with Gasteiger partial charge >= 0.3 is 6.09 Å². The third-order valence-electron chi connectivity index (χ3n) is 8.20. The Bertz CT molecular complexity index is 1660. The number of carbonyl (C=O) groups is 1. The first kappa shape index (κ1) is 34.6. The SMILES string of the molecule is CC(C)(C)OC(=O)N1CCN(C2CCN(c3ccc(Nc4ncc(Br)c(Nc5ccccc5P(C)(C)=O)n4)cc3[N+](=O)[O-])CC2)CC1. The average molecular weight is 730 g/mol. The van der Waals surface area contributed by atoms with E-state index in [1.165, 1.54) is 6.07 Å². The summed E-state index contributed by atoms with van der Waals surface area (Å²) >= 11 is 3.48. The van der Waals surface area contributed by atoms with E-state index < -0.39 is 12.7 Å². The maximum atomic E-state index is 12.8. The molecule has 5 rings (SSSR count). The second kappa shape index (κ2) is 14.2. The molecule has 2 aromatic carbocycles. The number of nitro benzene ring substituents is 1. The zero-order chi connectivity index (χ0) is 33.9. The van der Waals surface area contributed by atoms with Crippen molar-refractivity contribution in [2.45, 2.75) is 45.3 Å². The Morgan fingerprint density at radius 1 is 1.04 bits per heavy atom. The van der Waals surface area contributed by atoms with Gasteiger partial charge < -0.3 is 29.7 Å². The van der Waals surface area contributed by atoms with Crippen LogP contribution in [0.3, 0.4) is 0 Å². The highest BCUT2D eigenvalue weighted by atomic mass is 79.9. The number of hydrogen-bond acceptors (Lipinski definition) is 11. The van der Waals surface area contributed by atoms with Crippen molar-refractivity contribution in [1.29, 1.82) is 0 Å². The van der Waals surface area contributed by atoms with Crippen LogP contribution in [0.5, 0.6) is 0 Å². The number of benzene rings is 2. The molecule has 0 atom stereocenters. The lowest BCUT2D eigenvalue weighted by molar-refractivity contribution is -0.384. The topological polar surface area (TPSA) is 146 Å². The van der Waals surface area contributed by atoms with Crippen molar-refractivity contribution in [3.05, 3.63) is 63.2 Å². The minimum atomic E-state index is -2.55. The van der Waals surface area contributed by atoms with Crippen LogP contribution >= 0.6 is 23.1 Å². The molecule has 0 aliphatic carbocycles. The molecule has 1 amide bonds. The van der Waals surface area contributed by atoms with Gasteiger partial charge in [0.25, 0.3) is 5.69 Å². The van der Waals surface area contributed by atoms with Crippen LogP contribution in [0, 0.1) is 10.1 Å². The molecule has 15 heteroatoms. The van der Waals surface area contributed by atoms with Crippen molar-refractivity contribution in [3.63, 3.8) is 0 Å². The Morgan fingerprint density at radius 2 is 1.72 bits per heavy atom. The number of aromatic nitrogens is 2. The monoisotopic (exact) mass is 728 g/mol. The van der Waals surface area contributed by atoms with Gasteiger partial charge in [0.1, 0.15) is 24.2 Å². The molecule has 0 radical (unpaired) electrons. The van der Waals surface area contributed by atoms with Crippen LogP contribution in [0.4, 0.5) is 39.3 Å². The van der Waals surface area contributed by atoms with Crippen molar-refractivity contribution >= 4 is 69.0 Å². The molecule has 3 aromatic rings. The van der Waals surface area contributed by atoms with Gasteiger partial charge in [-0.05, 0) is 87.1 Å². The summed E-state index contributed by atoms with van der Waals surface area (Å²) in [7, 11) is -2.55. The van der Waals surface area contributed by atoms with E-state index in [9.17, 15) is 19.5 Å². The third-order valence-corrected chi connectivity index (χ3v) is 10.3. The van der Waals surface area contributed by atoms with Crippen LogP contribution in [0.15, 0.2) is 53.1 Å². The van der Waals surface area contributed by atoms with E-state index in [4.69, 9.17) is 4.74 Å². The number of rotatable bonds is 8. The molecular formula is C32H42BrN8O5P. The van der Waals surface area contributed by atoms with Crippen molar-refractivity contribution in [2.24, 2.45) is 0 Å². The molecule has 3 heterocycles.